The van der Waals surface area contributed by atoms with Crippen molar-refractivity contribution in [3.63, 3.8) is 0 Å². The van der Waals surface area contributed by atoms with Gasteiger partial charge in [-0.2, -0.15) is 4.98 Å². The van der Waals surface area contributed by atoms with Gasteiger partial charge in [0.2, 0.25) is 5.88 Å². The summed E-state index contributed by atoms with van der Waals surface area (Å²) < 4.78 is 15.4. The maximum Gasteiger partial charge on any atom is 0.319 e. The SMILES string of the molecule is CCOc1ncc(NC(=O)c2ccoc2)c(OCC)n1. The molecule has 7 heteroatoms. The van der Waals surface area contributed by atoms with Crippen LogP contribution < -0.4 is 14.8 Å². The molecular formula is C13H15N3O4. The van der Waals surface area contributed by atoms with Gasteiger partial charge in [0.05, 0.1) is 31.2 Å². The molecule has 0 fully saturated rings. The molecule has 106 valence electrons. The van der Waals surface area contributed by atoms with Crippen molar-refractivity contribution >= 4 is 11.6 Å². The van der Waals surface area contributed by atoms with Gasteiger partial charge in [0, 0.05) is 0 Å². The van der Waals surface area contributed by atoms with Gasteiger partial charge in [0.1, 0.15) is 12.0 Å². The van der Waals surface area contributed by atoms with Crippen LogP contribution in [0, 0.1) is 0 Å². The van der Waals surface area contributed by atoms with Crippen molar-refractivity contribution in [1.29, 1.82) is 0 Å². The molecule has 0 unspecified atom stereocenters. The third-order valence-electron chi connectivity index (χ3n) is 2.32. The number of carbonyl (C=O) groups excluding carboxylic acids is 1. The molecule has 7 nitrogen and oxygen atoms in total. The highest BCUT2D eigenvalue weighted by atomic mass is 16.5. The minimum Gasteiger partial charge on any atom is -0.476 e. The second-order valence-electron chi connectivity index (χ2n) is 3.70. The van der Waals surface area contributed by atoms with Crippen LogP contribution in [0.15, 0.2) is 29.2 Å². The zero-order valence-corrected chi connectivity index (χ0v) is 11.3. The summed E-state index contributed by atoms with van der Waals surface area (Å²) in [5.74, 6) is -0.0599. The molecule has 20 heavy (non-hydrogen) atoms. The standard InChI is InChI=1S/C13H15N3O4/c1-3-19-12-10(7-14-13(16-12)20-4-2)15-11(17)9-5-6-18-8-9/h5-8H,3-4H2,1-2H3,(H,15,17). The van der Waals surface area contributed by atoms with E-state index in [1.165, 1.54) is 18.7 Å². The number of nitrogens with zero attached hydrogens (tertiary/aromatic N) is 2. The van der Waals surface area contributed by atoms with Gasteiger partial charge < -0.3 is 19.2 Å². The van der Waals surface area contributed by atoms with Gasteiger partial charge in [0.15, 0.2) is 0 Å². The average molecular weight is 277 g/mol. The third kappa shape index (κ3) is 3.25. The van der Waals surface area contributed by atoms with Crippen LogP contribution in [0.3, 0.4) is 0 Å². The maximum atomic E-state index is 11.9. The van der Waals surface area contributed by atoms with Crippen molar-refractivity contribution in [3.05, 3.63) is 30.4 Å². The van der Waals surface area contributed by atoms with Crippen molar-refractivity contribution in [1.82, 2.24) is 9.97 Å². The lowest BCUT2D eigenvalue weighted by Crippen LogP contribution is -2.13. The minimum absolute atomic E-state index is 0.206. The first-order valence-corrected chi connectivity index (χ1v) is 6.20. The Balaban J connectivity index is 2.19. The van der Waals surface area contributed by atoms with E-state index in [0.717, 1.165) is 0 Å². The van der Waals surface area contributed by atoms with Gasteiger partial charge in [-0.05, 0) is 19.9 Å². The van der Waals surface area contributed by atoms with E-state index in [1.807, 2.05) is 13.8 Å². The molecule has 0 saturated carbocycles. The van der Waals surface area contributed by atoms with E-state index in [1.54, 1.807) is 6.07 Å². The number of ether oxygens (including phenoxy) is 2. The minimum atomic E-state index is -0.326. The van der Waals surface area contributed by atoms with Gasteiger partial charge in [-0.3, -0.25) is 4.79 Å². The van der Waals surface area contributed by atoms with Gasteiger partial charge >= 0.3 is 6.01 Å². The molecule has 0 aromatic carbocycles. The number of rotatable bonds is 6. The smallest absolute Gasteiger partial charge is 0.319 e. The Bertz CT molecular complexity index is 569. The van der Waals surface area contributed by atoms with E-state index in [9.17, 15) is 4.79 Å². The Morgan fingerprint density at radius 3 is 2.80 bits per heavy atom. The van der Waals surface area contributed by atoms with Gasteiger partial charge in [0.25, 0.3) is 5.91 Å². The Morgan fingerprint density at radius 1 is 1.35 bits per heavy atom. The highest BCUT2D eigenvalue weighted by Gasteiger charge is 2.14. The molecule has 0 aliphatic heterocycles. The van der Waals surface area contributed by atoms with Crippen molar-refractivity contribution in [3.8, 4) is 11.9 Å². The second kappa shape index (κ2) is 6.55. The number of hydrogen-bond acceptors (Lipinski definition) is 6. The number of carbonyl (C=O) groups is 1. The Hall–Kier alpha value is -2.57. The number of nitrogens with one attached hydrogen (secondary N) is 1. The van der Waals surface area contributed by atoms with E-state index in [0.29, 0.717) is 24.5 Å². The molecule has 1 amide bonds. The number of furan rings is 1. The topological polar surface area (TPSA) is 86.5 Å². The Morgan fingerprint density at radius 2 is 2.15 bits per heavy atom. The fourth-order valence-electron chi connectivity index (χ4n) is 1.47. The van der Waals surface area contributed by atoms with Crippen molar-refractivity contribution in [2.75, 3.05) is 18.5 Å². The van der Waals surface area contributed by atoms with E-state index in [4.69, 9.17) is 13.9 Å². The molecule has 0 spiro atoms. The summed E-state index contributed by atoms with van der Waals surface area (Å²) in [4.78, 5) is 20.0. The number of anilines is 1. The lowest BCUT2D eigenvalue weighted by Gasteiger charge is -2.10. The van der Waals surface area contributed by atoms with Crippen LogP contribution in [-0.4, -0.2) is 29.1 Å². The molecular weight excluding hydrogens is 262 g/mol. The highest BCUT2D eigenvalue weighted by Crippen LogP contribution is 2.23. The lowest BCUT2D eigenvalue weighted by atomic mass is 10.3. The summed E-state index contributed by atoms with van der Waals surface area (Å²) in [5, 5.41) is 2.66. The van der Waals surface area contributed by atoms with Gasteiger partial charge in [-0.25, -0.2) is 4.98 Å². The monoisotopic (exact) mass is 277 g/mol. The quantitative estimate of drug-likeness (QED) is 0.870. The van der Waals surface area contributed by atoms with Crippen LogP contribution in [-0.2, 0) is 0 Å². The molecule has 0 atom stereocenters. The van der Waals surface area contributed by atoms with Crippen molar-refractivity contribution in [2.45, 2.75) is 13.8 Å². The molecule has 0 aliphatic rings. The van der Waals surface area contributed by atoms with Crippen LogP contribution in [0.1, 0.15) is 24.2 Å². The maximum absolute atomic E-state index is 11.9. The van der Waals surface area contributed by atoms with Crippen LogP contribution in [0.25, 0.3) is 0 Å². The average Bonchev–Trinajstić information content (AvgIpc) is 2.96. The number of hydrogen-bond donors (Lipinski definition) is 1. The zero-order valence-electron chi connectivity index (χ0n) is 11.3. The molecule has 2 aromatic rings. The Labute approximate surface area is 115 Å². The first kappa shape index (κ1) is 13.9. The molecule has 2 aromatic heterocycles. The normalized spacial score (nSPS) is 10.1. The van der Waals surface area contributed by atoms with Gasteiger partial charge in [-0.1, -0.05) is 0 Å². The van der Waals surface area contributed by atoms with Crippen LogP contribution >= 0.6 is 0 Å². The van der Waals surface area contributed by atoms with Crippen LogP contribution in [0.2, 0.25) is 0 Å². The number of aromatic nitrogens is 2. The van der Waals surface area contributed by atoms with Crippen LogP contribution in [0.5, 0.6) is 11.9 Å². The largest absolute Gasteiger partial charge is 0.476 e. The summed E-state index contributed by atoms with van der Waals surface area (Å²) in [6.45, 7) is 4.52. The highest BCUT2D eigenvalue weighted by molar-refractivity contribution is 6.04. The fourth-order valence-corrected chi connectivity index (χ4v) is 1.47. The molecule has 0 radical (unpaired) electrons. The summed E-state index contributed by atoms with van der Waals surface area (Å²) >= 11 is 0. The van der Waals surface area contributed by atoms with Crippen molar-refractivity contribution < 1.29 is 18.7 Å². The predicted octanol–water partition coefficient (Wildman–Crippen LogP) is 2.12. The lowest BCUT2D eigenvalue weighted by molar-refractivity contribution is 0.102. The van der Waals surface area contributed by atoms with E-state index in [-0.39, 0.29) is 17.8 Å². The Kier molecular flexibility index (Phi) is 4.54. The molecule has 1 N–H and O–H groups in total. The van der Waals surface area contributed by atoms with E-state index < -0.39 is 0 Å². The van der Waals surface area contributed by atoms with E-state index >= 15 is 0 Å². The van der Waals surface area contributed by atoms with E-state index in [2.05, 4.69) is 15.3 Å². The third-order valence-corrected chi connectivity index (χ3v) is 2.32. The summed E-state index contributed by atoms with van der Waals surface area (Å²) in [5.41, 5.74) is 0.780. The second-order valence-corrected chi connectivity index (χ2v) is 3.70. The van der Waals surface area contributed by atoms with Gasteiger partial charge in [-0.15, -0.1) is 0 Å². The summed E-state index contributed by atoms with van der Waals surface area (Å²) in [6, 6.07) is 1.77. The van der Waals surface area contributed by atoms with Crippen LogP contribution in [0.4, 0.5) is 5.69 Å². The first-order chi connectivity index (χ1) is 9.74. The molecule has 0 aliphatic carbocycles. The predicted molar refractivity (Wildman–Crippen MR) is 71.0 cm³/mol. The first-order valence-electron chi connectivity index (χ1n) is 6.20. The molecule has 2 heterocycles. The summed E-state index contributed by atoms with van der Waals surface area (Å²) in [7, 11) is 0. The zero-order chi connectivity index (χ0) is 14.4. The summed E-state index contributed by atoms with van der Waals surface area (Å²) in [6.07, 6.45) is 4.22. The molecule has 2 rings (SSSR count). The fraction of sp³-hybridized carbons (Fsp3) is 0.308. The number of amides is 1. The molecule has 0 saturated heterocycles. The van der Waals surface area contributed by atoms with Crippen molar-refractivity contribution in [2.24, 2.45) is 0 Å². The molecule has 0 bridgehead atoms.